The fourth-order valence-electron chi connectivity index (χ4n) is 1.41. The van der Waals surface area contributed by atoms with Crippen LogP contribution in [0.1, 0.15) is 0 Å². The number of hydrogen-bond donors (Lipinski definition) is 2. The normalized spacial score (nSPS) is 11.3. The van der Waals surface area contributed by atoms with Gasteiger partial charge in [-0.05, 0) is 56.1 Å². The molecular weight excluding hydrogens is 417 g/mol. The molecule has 5 nitrogen and oxygen atoms in total. The van der Waals surface area contributed by atoms with Gasteiger partial charge in [-0.25, -0.2) is 17.8 Å². The van der Waals surface area contributed by atoms with Crippen molar-refractivity contribution in [3.8, 4) is 0 Å². The van der Waals surface area contributed by atoms with Gasteiger partial charge in [0.2, 0.25) is 0 Å². The highest BCUT2D eigenvalue weighted by molar-refractivity contribution is 9.10. The van der Waals surface area contributed by atoms with E-state index in [2.05, 4.69) is 41.6 Å². The Hall–Kier alpha value is -1.19. The number of nitrogens with zero attached hydrogens (tertiary/aromatic N) is 1. The van der Waals surface area contributed by atoms with Crippen LogP contribution in [0.2, 0.25) is 0 Å². The van der Waals surface area contributed by atoms with Gasteiger partial charge in [0.15, 0.2) is 0 Å². The topological polar surface area (TPSA) is 85.1 Å². The second-order valence-electron chi connectivity index (χ2n) is 3.77. The Morgan fingerprint density at radius 1 is 1.25 bits per heavy atom. The first-order valence-corrected chi connectivity index (χ1v) is 8.25. The molecule has 0 aliphatic heterocycles. The summed E-state index contributed by atoms with van der Waals surface area (Å²) < 4.78 is 40.6. The smallest absolute Gasteiger partial charge is 0.265 e. The van der Waals surface area contributed by atoms with Crippen molar-refractivity contribution in [2.75, 3.05) is 10.5 Å². The van der Waals surface area contributed by atoms with Crippen LogP contribution < -0.4 is 10.5 Å². The number of sulfonamides is 1. The van der Waals surface area contributed by atoms with Crippen LogP contribution in [-0.2, 0) is 10.0 Å². The van der Waals surface area contributed by atoms with Gasteiger partial charge < -0.3 is 5.73 Å². The summed E-state index contributed by atoms with van der Waals surface area (Å²) in [5.41, 5.74) is 5.36. The summed E-state index contributed by atoms with van der Waals surface area (Å²) in [5, 5.41) is 0. The molecular formula is C11H8Br2FN3O2S. The van der Waals surface area contributed by atoms with Crippen molar-refractivity contribution in [1.82, 2.24) is 4.98 Å². The van der Waals surface area contributed by atoms with Crippen molar-refractivity contribution >= 4 is 53.4 Å². The molecule has 0 unspecified atom stereocenters. The molecule has 2 aromatic rings. The van der Waals surface area contributed by atoms with Crippen molar-refractivity contribution in [3.05, 3.63) is 45.2 Å². The molecule has 1 heterocycles. The second-order valence-corrected chi connectivity index (χ2v) is 7.19. The predicted octanol–water partition coefficient (Wildman–Crippen LogP) is 3.13. The van der Waals surface area contributed by atoms with Crippen LogP contribution in [0.3, 0.4) is 0 Å². The molecule has 0 aliphatic rings. The quantitative estimate of drug-likeness (QED) is 0.741. The number of halogens is 3. The summed E-state index contributed by atoms with van der Waals surface area (Å²) in [7, 11) is -3.95. The molecule has 0 fully saturated rings. The Balaban J connectivity index is 2.40. The Bertz CT molecular complexity index is 751. The lowest BCUT2D eigenvalue weighted by atomic mass is 10.3. The molecule has 1 aromatic heterocycles. The Morgan fingerprint density at radius 3 is 2.55 bits per heavy atom. The number of nitrogen functional groups attached to an aromatic ring is 1. The van der Waals surface area contributed by atoms with Crippen molar-refractivity contribution in [1.29, 1.82) is 0 Å². The summed E-state index contributed by atoms with van der Waals surface area (Å²) in [6.45, 7) is 0. The molecule has 0 bridgehead atoms. The number of aromatic nitrogens is 1. The third-order valence-corrected chi connectivity index (χ3v) is 4.80. The SMILES string of the molecule is Nc1cc(F)c(Br)cc1S(=O)(=O)Nc1ccc(Br)cn1. The highest BCUT2D eigenvalue weighted by atomic mass is 79.9. The van der Waals surface area contributed by atoms with Crippen LogP contribution >= 0.6 is 31.9 Å². The molecule has 0 saturated heterocycles. The maximum atomic E-state index is 13.3. The number of anilines is 2. The number of nitrogens with one attached hydrogen (secondary N) is 1. The van der Waals surface area contributed by atoms with Gasteiger partial charge in [0.25, 0.3) is 10.0 Å². The molecule has 0 aliphatic carbocycles. The van der Waals surface area contributed by atoms with Gasteiger partial charge in [-0.2, -0.15) is 0 Å². The zero-order chi connectivity index (χ0) is 14.9. The molecule has 0 spiro atoms. The predicted molar refractivity (Wildman–Crippen MR) is 81.3 cm³/mol. The Morgan fingerprint density at radius 2 is 1.95 bits per heavy atom. The number of benzene rings is 1. The monoisotopic (exact) mass is 423 g/mol. The van der Waals surface area contributed by atoms with E-state index in [9.17, 15) is 12.8 Å². The fraction of sp³-hybridized carbons (Fsp3) is 0. The molecule has 0 atom stereocenters. The van der Waals surface area contributed by atoms with Gasteiger partial charge in [-0.15, -0.1) is 0 Å². The van der Waals surface area contributed by atoms with E-state index in [1.165, 1.54) is 12.3 Å². The summed E-state index contributed by atoms with van der Waals surface area (Å²) in [6.07, 6.45) is 1.45. The summed E-state index contributed by atoms with van der Waals surface area (Å²) in [4.78, 5) is 3.67. The molecule has 0 radical (unpaired) electrons. The fourth-order valence-corrected chi connectivity index (χ4v) is 3.28. The Kier molecular flexibility index (Phi) is 4.31. The third-order valence-electron chi connectivity index (χ3n) is 2.31. The summed E-state index contributed by atoms with van der Waals surface area (Å²) in [5.74, 6) is -0.503. The molecule has 106 valence electrons. The van der Waals surface area contributed by atoms with Crippen molar-refractivity contribution < 1.29 is 12.8 Å². The standard InChI is InChI=1S/C11H8Br2FN3O2S/c12-6-1-2-11(16-5-6)17-20(18,19)10-3-7(13)8(14)4-9(10)15/h1-5H,15H2,(H,16,17). The van der Waals surface area contributed by atoms with Crippen LogP contribution in [0.5, 0.6) is 0 Å². The minimum Gasteiger partial charge on any atom is -0.398 e. The molecule has 1 aromatic carbocycles. The first-order valence-electron chi connectivity index (χ1n) is 5.18. The average molecular weight is 425 g/mol. The molecule has 3 N–H and O–H groups in total. The van der Waals surface area contributed by atoms with E-state index in [-0.39, 0.29) is 20.9 Å². The van der Waals surface area contributed by atoms with Gasteiger partial charge in [-0.3, -0.25) is 4.72 Å². The molecule has 2 rings (SSSR count). The van der Waals surface area contributed by atoms with Crippen LogP contribution in [0.25, 0.3) is 0 Å². The van der Waals surface area contributed by atoms with Gasteiger partial charge in [0.1, 0.15) is 16.5 Å². The van der Waals surface area contributed by atoms with Gasteiger partial charge >= 0.3 is 0 Å². The lowest BCUT2D eigenvalue weighted by Crippen LogP contribution is -2.16. The minimum atomic E-state index is -3.95. The van der Waals surface area contributed by atoms with E-state index in [4.69, 9.17) is 5.73 Å². The third kappa shape index (κ3) is 3.28. The first-order chi connectivity index (χ1) is 9.29. The van der Waals surface area contributed by atoms with E-state index < -0.39 is 15.8 Å². The first kappa shape index (κ1) is 15.2. The maximum Gasteiger partial charge on any atom is 0.265 e. The van der Waals surface area contributed by atoms with E-state index in [1.54, 1.807) is 6.07 Å². The molecule has 9 heteroatoms. The zero-order valence-corrected chi connectivity index (χ0v) is 13.8. The van der Waals surface area contributed by atoms with Crippen LogP contribution in [0.4, 0.5) is 15.9 Å². The van der Waals surface area contributed by atoms with Gasteiger partial charge in [0.05, 0.1) is 10.2 Å². The lowest BCUT2D eigenvalue weighted by Gasteiger charge is -2.10. The largest absolute Gasteiger partial charge is 0.398 e. The van der Waals surface area contributed by atoms with Gasteiger partial charge in [0, 0.05) is 10.7 Å². The van der Waals surface area contributed by atoms with Gasteiger partial charge in [-0.1, -0.05) is 0 Å². The number of hydrogen-bond acceptors (Lipinski definition) is 4. The van der Waals surface area contributed by atoms with Crippen molar-refractivity contribution in [2.45, 2.75) is 4.90 Å². The zero-order valence-electron chi connectivity index (χ0n) is 9.77. The number of rotatable bonds is 3. The van der Waals surface area contributed by atoms with E-state index >= 15 is 0 Å². The van der Waals surface area contributed by atoms with E-state index in [1.807, 2.05) is 0 Å². The summed E-state index contributed by atoms with van der Waals surface area (Å²) in [6, 6.07) is 5.16. The van der Waals surface area contributed by atoms with Crippen LogP contribution in [-0.4, -0.2) is 13.4 Å². The highest BCUT2D eigenvalue weighted by Crippen LogP contribution is 2.27. The van der Waals surface area contributed by atoms with Crippen LogP contribution in [0, 0.1) is 5.82 Å². The van der Waals surface area contributed by atoms with Crippen molar-refractivity contribution in [3.63, 3.8) is 0 Å². The highest BCUT2D eigenvalue weighted by Gasteiger charge is 2.20. The summed E-state index contributed by atoms with van der Waals surface area (Å²) >= 11 is 6.11. The van der Waals surface area contributed by atoms with Crippen molar-refractivity contribution in [2.24, 2.45) is 0 Å². The average Bonchev–Trinajstić information content (AvgIpc) is 2.36. The van der Waals surface area contributed by atoms with Crippen LogP contribution in [0.15, 0.2) is 44.3 Å². The van der Waals surface area contributed by atoms with E-state index in [0.717, 1.165) is 12.1 Å². The lowest BCUT2D eigenvalue weighted by molar-refractivity contribution is 0.599. The maximum absolute atomic E-state index is 13.3. The molecule has 0 amide bonds. The Labute approximate surface area is 131 Å². The van der Waals surface area contributed by atoms with E-state index in [0.29, 0.717) is 4.47 Å². The molecule has 20 heavy (non-hydrogen) atoms. The molecule has 0 saturated carbocycles. The number of pyridine rings is 1. The number of nitrogens with two attached hydrogens (primary N) is 1. The second kappa shape index (κ2) is 5.66. The minimum absolute atomic E-state index is 0.0100.